The summed E-state index contributed by atoms with van der Waals surface area (Å²) in [5.41, 5.74) is 0.991. The third-order valence-corrected chi connectivity index (χ3v) is 2.29. The summed E-state index contributed by atoms with van der Waals surface area (Å²) < 4.78 is 5.59. The molecule has 0 unspecified atom stereocenters. The lowest BCUT2D eigenvalue weighted by Crippen LogP contribution is -1.72. The largest absolute Gasteiger partial charge is 0.333 e. The Hall–Kier alpha value is -0.430. The number of hydrogen-bond acceptors (Lipinski definition) is 4. The van der Waals surface area contributed by atoms with Gasteiger partial charge in [-0.1, -0.05) is 5.16 Å². The number of hydrogen-bond donors (Lipinski definition) is 0. The molecule has 2 aromatic heterocycles. The molecule has 3 nitrogen and oxygen atoms in total. The molecular weight excluding hydrogens is 275 g/mol. The Morgan fingerprint density at radius 3 is 3.00 bits per heavy atom. The van der Waals surface area contributed by atoms with Crippen molar-refractivity contribution in [3.63, 3.8) is 0 Å². The molecule has 0 aliphatic carbocycles. The first kappa shape index (κ1) is 7.23. The predicted molar refractivity (Wildman–Crippen MR) is 50.3 cm³/mol. The number of thiophene rings is 1. The second kappa shape index (κ2) is 2.90. The fourth-order valence-corrected chi connectivity index (χ4v) is 1.66. The molecule has 5 heteroatoms. The maximum atomic E-state index is 4.95. The van der Waals surface area contributed by atoms with E-state index in [0.29, 0.717) is 9.72 Å². The minimum Gasteiger partial charge on any atom is -0.333 e. The standard InChI is InChI=1S/C6H3IN2OS/c7-6-8-5(10-9-6)4-1-2-11-3-4/h1-3H. The van der Waals surface area contributed by atoms with Crippen LogP contribution in [0, 0.1) is 3.83 Å². The number of nitrogens with zero attached hydrogens (tertiary/aromatic N) is 2. The van der Waals surface area contributed by atoms with Crippen molar-refractivity contribution in [3.05, 3.63) is 20.7 Å². The number of halogens is 1. The molecule has 0 spiro atoms. The summed E-state index contributed by atoms with van der Waals surface area (Å²) >= 11 is 3.63. The zero-order chi connectivity index (χ0) is 7.68. The predicted octanol–water partition coefficient (Wildman–Crippen LogP) is 2.40. The highest BCUT2D eigenvalue weighted by molar-refractivity contribution is 14.1. The molecule has 0 aliphatic heterocycles. The minimum atomic E-state index is 0.593. The van der Waals surface area contributed by atoms with Gasteiger partial charge in [0, 0.05) is 28.0 Å². The van der Waals surface area contributed by atoms with Crippen LogP contribution in [-0.2, 0) is 0 Å². The van der Waals surface area contributed by atoms with Crippen LogP contribution in [0.3, 0.4) is 0 Å². The van der Waals surface area contributed by atoms with Gasteiger partial charge >= 0.3 is 0 Å². The Kier molecular flexibility index (Phi) is 1.91. The molecule has 0 atom stereocenters. The zero-order valence-corrected chi connectivity index (χ0v) is 8.29. The van der Waals surface area contributed by atoms with E-state index >= 15 is 0 Å². The van der Waals surface area contributed by atoms with Gasteiger partial charge in [-0.2, -0.15) is 16.3 Å². The lowest BCUT2D eigenvalue weighted by molar-refractivity contribution is 0.426. The lowest BCUT2D eigenvalue weighted by atomic mass is 10.3. The van der Waals surface area contributed by atoms with Gasteiger partial charge < -0.3 is 4.52 Å². The molecule has 0 radical (unpaired) electrons. The summed E-state index contributed by atoms with van der Waals surface area (Å²) in [5, 5.41) is 7.63. The van der Waals surface area contributed by atoms with Crippen LogP contribution in [0.2, 0.25) is 0 Å². The highest BCUT2D eigenvalue weighted by Gasteiger charge is 2.05. The first-order valence-electron chi connectivity index (χ1n) is 2.88. The summed E-state index contributed by atoms with van der Waals surface area (Å²) in [5.74, 6) is 0.593. The Labute approximate surface area is 80.6 Å². The fraction of sp³-hybridized carbons (Fsp3) is 0. The monoisotopic (exact) mass is 278 g/mol. The molecule has 0 saturated heterocycles. The maximum Gasteiger partial charge on any atom is 0.259 e. The second-order valence-electron chi connectivity index (χ2n) is 1.88. The molecule has 0 N–H and O–H groups in total. The van der Waals surface area contributed by atoms with E-state index in [4.69, 9.17) is 4.52 Å². The maximum absolute atomic E-state index is 4.95. The van der Waals surface area contributed by atoms with Gasteiger partial charge in [-0.15, -0.1) is 0 Å². The van der Waals surface area contributed by atoms with Crippen LogP contribution >= 0.6 is 33.9 Å². The van der Waals surface area contributed by atoms with Crippen molar-refractivity contribution in [2.24, 2.45) is 0 Å². The molecule has 0 saturated carbocycles. The third kappa shape index (κ3) is 1.43. The van der Waals surface area contributed by atoms with E-state index in [0.717, 1.165) is 5.56 Å². The van der Waals surface area contributed by atoms with Gasteiger partial charge in [0.2, 0.25) is 3.83 Å². The first-order valence-corrected chi connectivity index (χ1v) is 4.90. The SMILES string of the molecule is Ic1noc(-c2ccsc2)n1. The van der Waals surface area contributed by atoms with Gasteiger partial charge in [0.25, 0.3) is 5.89 Å². The molecule has 2 aromatic rings. The van der Waals surface area contributed by atoms with Gasteiger partial charge in [0.15, 0.2) is 0 Å². The van der Waals surface area contributed by atoms with Crippen molar-refractivity contribution in [2.45, 2.75) is 0 Å². The van der Waals surface area contributed by atoms with Crippen LogP contribution in [0.5, 0.6) is 0 Å². The molecule has 0 amide bonds. The van der Waals surface area contributed by atoms with E-state index < -0.39 is 0 Å². The first-order chi connectivity index (χ1) is 5.36. The molecular formula is C6H3IN2OS. The van der Waals surface area contributed by atoms with Gasteiger partial charge in [-0.3, -0.25) is 0 Å². The van der Waals surface area contributed by atoms with Crippen LogP contribution in [-0.4, -0.2) is 10.1 Å². The van der Waals surface area contributed by atoms with E-state index in [2.05, 4.69) is 10.1 Å². The van der Waals surface area contributed by atoms with Crippen molar-refractivity contribution in [1.82, 2.24) is 10.1 Å². The molecule has 56 valence electrons. The smallest absolute Gasteiger partial charge is 0.259 e. The van der Waals surface area contributed by atoms with Crippen molar-refractivity contribution in [3.8, 4) is 11.5 Å². The minimum absolute atomic E-state index is 0.593. The van der Waals surface area contributed by atoms with Crippen molar-refractivity contribution in [1.29, 1.82) is 0 Å². The summed E-state index contributed by atoms with van der Waals surface area (Å²) in [6.07, 6.45) is 0. The Balaban J connectivity index is 2.45. The van der Waals surface area contributed by atoms with Gasteiger partial charge in [0.05, 0.1) is 5.56 Å². The second-order valence-corrected chi connectivity index (χ2v) is 3.63. The molecule has 2 heterocycles. The van der Waals surface area contributed by atoms with Crippen molar-refractivity contribution in [2.75, 3.05) is 0 Å². The highest BCUT2D eigenvalue weighted by Crippen LogP contribution is 2.19. The molecule has 11 heavy (non-hydrogen) atoms. The summed E-state index contributed by atoms with van der Waals surface area (Å²) in [4.78, 5) is 4.07. The van der Waals surface area contributed by atoms with Gasteiger partial charge in [0.1, 0.15) is 0 Å². The molecule has 0 aliphatic rings. The van der Waals surface area contributed by atoms with E-state index in [1.54, 1.807) is 11.3 Å². The van der Waals surface area contributed by atoms with E-state index in [1.165, 1.54) is 0 Å². The van der Waals surface area contributed by atoms with Crippen LogP contribution in [0.1, 0.15) is 0 Å². The van der Waals surface area contributed by atoms with Gasteiger partial charge in [-0.05, 0) is 11.4 Å². The Morgan fingerprint density at radius 1 is 1.55 bits per heavy atom. The molecule has 0 fully saturated rings. The lowest BCUT2D eigenvalue weighted by Gasteiger charge is -1.81. The Morgan fingerprint density at radius 2 is 2.45 bits per heavy atom. The molecule has 0 aromatic carbocycles. The molecule has 2 rings (SSSR count). The summed E-state index contributed by atoms with van der Waals surface area (Å²) in [7, 11) is 0. The van der Waals surface area contributed by atoms with E-state index in [9.17, 15) is 0 Å². The quantitative estimate of drug-likeness (QED) is 0.752. The van der Waals surface area contributed by atoms with Crippen LogP contribution in [0.25, 0.3) is 11.5 Å². The summed E-state index contributed by atoms with van der Waals surface area (Å²) in [6.45, 7) is 0. The number of aromatic nitrogens is 2. The number of rotatable bonds is 1. The van der Waals surface area contributed by atoms with E-state index in [-0.39, 0.29) is 0 Å². The Bertz CT molecular complexity index is 343. The third-order valence-electron chi connectivity index (χ3n) is 1.17. The van der Waals surface area contributed by atoms with Crippen LogP contribution in [0.4, 0.5) is 0 Å². The normalized spacial score (nSPS) is 10.3. The van der Waals surface area contributed by atoms with E-state index in [1.807, 2.05) is 39.4 Å². The van der Waals surface area contributed by atoms with Crippen molar-refractivity contribution >= 4 is 33.9 Å². The highest BCUT2D eigenvalue weighted by atomic mass is 127. The topological polar surface area (TPSA) is 38.9 Å². The van der Waals surface area contributed by atoms with Gasteiger partial charge in [-0.25, -0.2) is 0 Å². The average Bonchev–Trinajstić information content (AvgIpc) is 2.55. The average molecular weight is 278 g/mol. The zero-order valence-electron chi connectivity index (χ0n) is 5.32. The molecule has 0 bridgehead atoms. The van der Waals surface area contributed by atoms with Crippen LogP contribution < -0.4 is 0 Å². The van der Waals surface area contributed by atoms with Crippen LogP contribution in [0.15, 0.2) is 21.3 Å². The summed E-state index contributed by atoms with van der Waals surface area (Å²) in [6, 6.07) is 1.95. The van der Waals surface area contributed by atoms with Crippen molar-refractivity contribution < 1.29 is 4.52 Å². The fourth-order valence-electron chi connectivity index (χ4n) is 0.709.